The molecule has 0 radical (unpaired) electrons. The minimum atomic E-state index is -0.138. The molecule has 1 saturated heterocycles. The summed E-state index contributed by atoms with van der Waals surface area (Å²) in [6, 6.07) is 8.22. The lowest BCUT2D eigenvalue weighted by atomic mass is 9.99. The Hall–Kier alpha value is -3.19. The molecule has 33 heavy (non-hydrogen) atoms. The van der Waals surface area contributed by atoms with Crippen molar-refractivity contribution in [1.29, 1.82) is 0 Å². The molecule has 0 aliphatic carbocycles. The molecule has 1 aromatic carbocycles. The molecule has 7 heteroatoms. The molecule has 0 spiro atoms. The summed E-state index contributed by atoms with van der Waals surface area (Å²) in [4.78, 5) is 34.1. The lowest BCUT2D eigenvalue weighted by Crippen LogP contribution is -2.49. The number of piperazine rings is 1. The highest BCUT2D eigenvalue weighted by Gasteiger charge is 2.23. The van der Waals surface area contributed by atoms with E-state index in [1.54, 1.807) is 24.3 Å². The van der Waals surface area contributed by atoms with E-state index in [0.717, 1.165) is 48.3 Å². The summed E-state index contributed by atoms with van der Waals surface area (Å²) < 4.78 is 5.94. The van der Waals surface area contributed by atoms with Crippen molar-refractivity contribution in [2.75, 3.05) is 46.4 Å². The van der Waals surface area contributed by atoms with Gasteiger partial charge in [-0.3, -0.25) is 19.5 Å². The van der Waals surface area contributed by atoms with Crippen LogP contribution in [-0.2, 0) is 16.1 Å². The van der Waals surface area contributed by atoms with Crippen LogP contribution in [0.1, 0.15) is 24.5 Å². The molecule has 1 aliphatic heterocycles. The number of aromatic nitrogens is 1. The van der Waals surface area contributed by atoms with Crippen LogP contribution >= 0.6 is 0 Å². The topological polar surface area (TPSA) is 66.0 Å². The van der Waals surface area contributed by atoms with Gasteiger partial charge in [-0.15, -0.1) is 0 Å². The van der Waals surface area contributed by atoms with E-state index in [0.29, 0.717) is 32.0 Å². The van der Waals surface area contributed by atoms with E-state index in [9.17, 15) is 9.59 Å². The van der Waals surface area contributed by atoms with Crippen molar-refractivity contribution in [3.8, 4) is 16.9 Å². The Morgan fingerprint density at radius 3 is 2.82 bits per heavy atom. The molecule has 2 amide bonds. The highest BCUT2D eigenvalue weighted by Crippen LogP contribution is 2.30. The standard InChI is InChI=1S/C26H34N4O3/c1-5-11-29-12-13-30(26(32)19-29)18-22-8-7-21(16-20(22)3)23-9-10-27-17-24(23)33-15-14-28(4)25(31)6-2/h6-10,16-17H,2,5,11-15,18-19H2,1,3-4H3. The first-order valence-electron chi connectivity index (χ1n) is 11.5. The van der Waals surface area contributed by atoms with Crippen LogP contribution in [0.15, 0.2) is 49.3 Å². The molecule has 0 atom stereocenters. The van der Waals surface area contributed by atoms with E-state index in [1.807, 2.05) is 11.0 Å². The zero-order chi connectivity index (χ0) is 23.8. The van der Waals surface area contributed by atoms with Crippen molar-refractivity contribution in [3.05, 3.63) is 60.4 Å². The molecule has 7 nitrogen and oxygen atoms in total. The number of aryl methyl sites for hydroxylation is 1. The van der Waals surface area contributed by atoms with Gasteiger partial charge in [0.25, 0.3) is 0 Å². The van der Waals surface area contributed by atoms with Gasteiger partial charge in [0.05, 0.1) is 19.3 Å². The molecule has 2 aromatic rings. The maximum atomic E-state index is 12.6. The highest BCUT2D eigenvalue weighted by molar-refractivity contribution is 5.86. The molecular formula is C26H34N4O3. The number of carbonyl (C=O) groups is 2. The maximum absolute atomic E-state index is 12.6. The second-order valence-electron chi connectivity index (χ2n) is 8.42. The number of nitrogens with zero attached hydrogens (tertiary/aromatic N) is 4. The van der Waals surface area contributed by atoms with E-state index in [4.69, 9.17) is 4.74 Å². The summed E-state index contributed by atoms with van der Waals surface area (Å²) in [7, 11) is 1.72. The normalized spacial score (nSPS) is 14.3. The predicted octanol–water partition coefficient (Wildman–Crippen LogP) is 3.13. The molecule has 1 fully saturated rings. The molecule has 0 saturated carbocycles. The number of carbonyl (C=O) groups excluding carboxylic acids is 2. The predicted molar refractivity (Wildman–Crippen MR) is 130 cm³/mol. The van der Waals surface area contributed by atoms with Gasteiger partial charge in [0.15, 0.2) is 0 Å². The summed E-state index contributed by atoms with van der Waals surface area (Å²) in [5, 5.41) is 0. The second kappa shape index (κ2) is 11.6. The Labute approximate surface area is 196 Å². The van der Waals surface area contributed by atoms with Crippen LogP contribution in [0.5, 0.6) is 5.75 Å². The van der Waals surface area contributed by atoms with Crippen molar-refractivity contribution in [2.45, 2.75) is 26.8 Å². The molecule has 0 bridgehead atoms. The Morgan fingerprint density at radius 2 is 2.12 bits per heavy atom. The van der Waals surface area contributed by atoms with Gasteiger partial charge in [0.2, 0.25) is 11.8 Å². The third kappa shape index (κ3) is 6.42. The summed E-state index contributed by atoms with van der Waals surface area (Å²) >= 11 is 0. The zero-order valence-corrected chi connectivity index (χ0v) is 19.9. The first-order chi connectivity index (χ1) is 15.9. The van der Waals surface area contributed by atoms with E-state index in [2.05, 4.69) is 48.5 Å². The molecular weight excluding hydrogens is 416 g/mol. The number of rotatable bonds is 10. The van der Waals surface area contributed by atoms with Crippen molar-refractivity contribution in [3.63, 3.8) is 0 Å². The van der Waals surface area contributed by atoms with Crippen LogP contribution in [0.4, 0.5) is 0 Å². The first-order valence-corrected chi connectivity index (χ1v) is 11.5. The smallest absolute Gasteiger partial charge is 0.245 e. The molecule has 1 aromatic heterocycles. The summed E-state index contributed by atoms with van der Waals surface area (Å²) in [5.41, 5.74) is 4.26. The van der Waals surface area contributed by atoms with Crippen molar-refractivity contribution >= 4 is 11.8 Å². The van der Waals surface area contributed by atoms with E-state index < -0.39 is 0 Å². The fourth-order valence-corrected chi connectivity index (χ4v) is 3.97. The van der Waals surface area contributed by atoms with Crippen LogP contribution in [0, 0.1) is 6.92 Å². The molecule has 176 valence electrons. The van der Waals surface area contributed by atoms with Gasteiger partial charge in [-0.1, -0.05) is 31.7 Å². The van der Waals surface area contributed by atoms with E-state index >= 15 is 0 Å². The van der Waals surface area contributed by atoms with Crippen molar-refractivity contribution in [2.24, 2.45) is 0 Å². The fraction of sp³-hybridized carbons (Fsp3) is 0.423. The second-order valence-corrected chi connectivity index (χ2v) is 8.42. The van der Waals surface area contributed by atoms with Gasteiger partial charge in [-0.25, -0.2) is 0 Å². The third-order valence-corrected chi connectivity index (χ3v) is 5.97. The largest absolute Gasteiger partial charge is 0.489 e. The Balaban J connectivity index is 1.67. The Morgan fingerprint density at radius 1 is 1.30 bits per heavy atom. The lowest BCUT2D eigenvalue weighted by molar-refractivity contribution is -0.136. The number of pyridine rings is 1. The average Bonchev–Trinajstić information content (AvgIpc) is 2.81. The molecule has 3 rings (SSSR count). The van der Waals surface area contributed by atoms with E-state index in [-0.39, 0.29) is 11.8 Å². The number of ether oxygens (including phenoxy) is 1. The summed E-state index contributed by atoms with van der Waals surface area (Å²) in [6.07, 6.45) is 5.80. The summed E-state index contributed by atoms with van der Waals surface area (Å²) in [5.74, 6) is 0.732. The van der Waals surface area contributed by atoms with Gasteiger partial charge >= 0.3 is 0 Å². The molecule has 0 unspecified atom stereocenters. The molecule has 2 heterocycles. The van der Waals surface area contributed by atoms with Gasteiger partial charge in [0.1, 0.15) is 12.4 Å². The highest BCUT2D eigenvalue weighted by atomic mass is 16.5. The minimum Gasteiger partial charge on any atom is -0.489 e. The molecule has 1 aliphatic rings. The zero-order valence-electron chi connectivity index (χ0n) is 19.9. The van der Waals surface area contributed by atoms with Gasteiger partial charge < -0.3 is 14.5 Å². The maximum Gasteiger partial charge on any atom is 0.245 e. The number of hydrogen-bond acceptors (Lipinski definition) is 5. The Bertz CT molecular complexity index is 991. The van der Waals surface area contributed by atoms with Gasteiger partial charge in [0, 0.05) is 38.4 Å². The van der Waals surface area contributed by atoms with Crippen LogP contribution < -0.4 is 4.74 Å². The SMILES string of the molecule is C=CC(=O)N(C)CCOc1cnccc1-c1ccc(CN2CCN(CCC)CC2=O)c(C)c1. The van der Waals surface area contributed by atoms with Gasteiger partial charge in [-0.2, -0.15) is 0 Å². The van der Waals surface area contributed by atoms with Crippen molar-refractivity contribution < 1.29 is 14.3 Å². The van der Waals surface area contributed by atoms with Gasteiger partial charge in [-0.05, 0) is 48.7 Å². The van der Waals surface area contributed by atoms with Crippen LogP contribution in [0.2, 0.25) is 0 Å². The number of amides is 2. The minimum absolute atomic E-state index is 0.138. The summed E-state index contributed by atoms with van der Waals surface area (Å²) in [6.45, 7) is 12.4. The van der Waals surface area contributed by atoms with E-state index in [1.165, 1.54) is 6.08 Å². The van der Waals surface area contributed by atoms with Crippen LogP contribution in [-0.4, -0.2) is 77.9 Å². The van der Waals surface area contributed by atoms with Crippen molar-refractivity contribution in [1.82, 2.24) is 19.7 Å². The number of benzene rings is 1. The Kier molecular flexibility index (Phi) is 8.60. The third-order valence-electron chi connectivity index (χ3n) is 5.97. The number of hydrogen-bond donors (Lipinski definition) is 0. The van der Waals surface area contributed by atoms with Crippen LogP contribution in [0.25, 0.3) is 11.1 Å². The fourth-order valence-electron chi connectivity index (χ4n) is 3.97. The number of likely N-dealkylation sites (N-methyl/N-ethyl adjacent to an activating group) is 1. The van der Waals surface area contributed by atoms with Crippen LogP contribution in [0.3, 0.4) is 0 Å². The monoisotopic (exact) mass is 450 g/mol. The first kappa shape index (κ1) is 24.5. The molecule has 0 N–H and O–H groups in total. The quantitative estimate of drug-likeness (QED) is 0.521. The average molecular weight is 451 g/mol. The lowest BCUT2D eigenvalue weighted by Gasteiger charge is -2.34.